The minimum atomic E-state index is -0.0240. The van der Waals surface area contributed by atoms with Gasteiger partial charge in [-0.25, -0.2) is 4.98 Å². The Morgan fingerprint density at radius 2 is 1.86 bits per heavy atom. The largest absolute Gasteiger partial charge is 0.486 e. The third-order valence-electron chi connectivity index (χ3n) is 5.11. The van der Waals surface area contributed by atoms with E-state index in [0.29, 0.717) is 26.1 Å². The van der Waals surface area contributed by atoms with E-state index in [4.69, 9.17) is 9.47 Å². The summed E-state index contributed by atoms with van der Waals surface area (Å²) >= 11 is 0. The molecule has 0 atom stereocenters. The fourth-order valence-electron chi connectivity index (χ4n) is 3.41. The highest BCUT2D eigenvalue weighted by Gasteiger charge is 2.15. The van der Waals surface area contributed by atoms with Gasteiger partial charge in [0.2, 0.25) is 5.91 Å². The lowest BCUT2D eigenvalue weighted by atomic mass is 10.1. The number of amides is 1. The van der Waals surface area contributed by atoms with Gasteiger partial charge >= 0.3 is 0 Å². The molecule has 0 spiro atoms. The number of piperazine rings is 1. The number of carbonyl (C=O) groups is 1. The van der Waals surface area contributed by atoms with Gasteiger partial charge < -0.3 is 24.6 Å². The quantitative estimate of drug-likeness (QED) is 0.855. The van der Waals surface area contributed by atoms with E-state index >= 15 is 0 Å². The molecule has 0 aliphatic carbocycles. The summed E-state index contributed by atoms with van der Waals surface area (Å²) in [7, 11) is 2.13. The van der Waals surface area contributed by atoms with E-state index in [-0.39, 0.29) is 5.91 Å². The average molecular weight is 382 g/mol. The van der Waals surface area contributed by atoms with Crippen molar-refractivity contribution in [3.05, 3.63) is 42.1 Å². The first-order valence-corrected chi connectivity index (χ1v) is 9.75. The van der Waals surface area contributed by atoms with Crippen molar-refractivity contribution in [3.63, 3.8) is 0 Å². The topological polar surface area (TPSA) is 66.9 Å². The molecule has 1 N–H and O–H groups in total. The molecule has 0 radical (unpaired) electrons. The number of fused-ring (bicyclic) bond motifs is 1. The Kier molecular flexibility index (Phi) is 5.62. The van der Waals surface area contributed by atoms with E-state index in [2.05, 4.69) is 27.1 Å². The summed E-state index contributed by atoms with van der Waals surface area (Å²) in [6, 6.07) is 9.73. The SMILES string of the molecule is CN1CCN(c2ccc(NC(=O)CCc3ccc4c(c3)OCCO4)cn2)CC1. The smallest absolute Gasteiger partial charge is 0.224 e. The van der Waals surface area contributed by atoms with Crippen LogP contribution in [0.4, 0.5) is 11.5 Å². The van der Waals surface area contributed by atoms with Crippen LogP contribution in [0.3, 0.4) is 0 Å². The molecule has 0 bridgehead atoms. The maximum atomic E-state index is 12.3. The summed E-state index contributed by atoms with van der Waals surface area (Å²) in [6.07, 6.45) is 2.78. The minimum Gasteiger partial charge on any atom is -0.486 e. The summed E-state index contributed by atoms with van der Waals surface area (Å²) in [5, 5.41) is 2.93. The van der Waals surface area contributed by atoms with Gasteiger partial charge in [0.15, 0.2) is 11.5 Å². The molecule has 4 rings (SSSR count). The van der Waals surface area contributed by atoms with E-state index in [1.807, 2.05) is 30.3 Å². The van der Waals surface area contributed by atoms with Crippen LogP contribution >= 0.6 is 0 Å². The van der Waals surface area contributed by atoms with Gasteiger partial charge in [-0.1, -0.05) is 6.07 Å². The zero-order valence-corrected chi connectivity index (χ0v) is 16.2. The van der Waals surface area contributed by atoms with Crippen molar-refractivity contribution in [2.75, 3.05) is 56.7 Å². The monoisotopic (exact) mass is 382 g/mol. The number of likely N-dealkylation sites (N-methyl/N-ethyl adjacent to an activating group) is 1. The number of aromatic nitrogens is 1. The Morgan fingerprint density at radius 3 is 2.61 bits per heavy atom. The van der Waals surface area contributed by atoms with Crippen LogP contribution in [0.2, 0.25) is 0 Å². The molecule has 0 unspecified atom stereocenters. The molecule has 1 aromatic heterocycles. The maximum Gasteiger partial charge on any atom is 0.224 e. The normalized spacial score (nSPS) is 16.7. The zero-order valence-electron chi connectivity index (χ0n) is 16.2. The van der Waals surface area contributed by atoms with Crippen molar-refractivity contribution in [3.8, 4) is 11.5 Å². The zero-order chi connectivity index (χ0) is 19.3. The second-order valence-corrected chi connectivity index (χ2v) is 7.22. The van der Waals surface area contributed by atoms with Crippen LogP contribution in [0.1, 0.15) is 12.0 Å². The molecule has 2 aliphatic heterocycles. The molecular weight excluding hydrogens is 356 g/mol. The number of hydrogen-bond donors (Lipinski definition) is 1. The van der Waals surface area contributed by atoms with E-state index in [1.165, 1.54) is 0 Å². The lowest BCUT2D eigenvalue weighted by molar-refractivity contribution is -0.116. The number of aryl methyl sites for hydroxylation is 1. The summed E-state index contributed by atoms with van der Waals surface area (Å²) in [6.45, 7) is 5.18. The first-order valence-electron chi connectivity index (χ1n) is 9.75. The molecule has 0 saturated carbocycles. The third kappa shape index (κ3) is 4.54. The number of rotatable bonds is 5. The van der Waals surface area contributed by atoms with Gasteiger partial charge in [0, 0.05) is 32.6 Å². The predicted octanol–water partition coefficient (Wildman–Crippen LogP) is 2.18. The van der Waals surface area contributed by atoms with Crippen molar-refractivity contribution in [2.24, 2.45) is 0 Å². The molecule has 1 amide bonds. The number of nitrogens with zero attached hydrogens (tertiary/aromatic N) is 3. The molecule has 7 heteroatoms. The highest BCUT2D eigenvalue weighted by molar-refractivity contribution is 5.90. The van der Waals surface area contributed by atoms with Crippen molar-refractivity contribution in [1.82, 2.24) is 9.88 Å². The summed E-state index contributed by atoms with van der Waals surface area (Å²) < 4.78 is 11.1. The Labute approximate surface area is 165 Å². The third-order valence-corrected chi connectivity index (χ3v) is 5.11. The van der Waals surface area contributed by atoms with Crippen LogP contribution in [0.15, 0.2) is 36.5 Å². The second-order valence-electron chi connectivity index (χ2n) is 7.22. The van der Waals surface area contributed by atoms with Gasteiger partial charge in [-0.3, -0.25) is 4.79 Å². The Bertz CT molecular complexity index is 817. The van der Waals surface area contributed by atoms with Crippen LogP contribution in [0.5, 0.6) is 11.5 Å². The number of carbonyl (C=O) groups excluding carboxylic acids is 1. The van der Waals surface area contributed by atoms with E-state index < -0.39 is 0 Å². The summed E-state index contributed by atoms with van der Waals surface area (Å²) in [5.74, 6) is 2.46. The number of anilines is 2. The van der Waals surface area contributed by atoms with Gasteiger partial charge in [0.1, 0.15) is 19.0 Å². The first-order chi connectivity index (χ1) is 13.7. The number of benzene rings is 1. The Balaban J connectivity index is 1.28. The molecular formula is C21H26N4O3. The van der Waals surface area contributed by atoms with Crippen molar-refractivity contribution in [1.29, 1.82) is 0 Å². The molecule has 2 aliphatic rings. The Morgan fingerprint density at radius 1 is 1.07 bits per heavy atom. The van der Waals surface area contributed by atoms with Crippen LogP contribution in [0, 0.1) is 0 Å². The van der Waals surface area contributed by atoms with E-state index in [0.717, 1.165) is 54.7 Å². The molecule has 28 heavy (non-hydrogen) atoms. The van der Waals surface area contributed by atoms with Crippen molar-refractivity contribution < 1.29 is 14.3 Å². The Hall–Kier alpha value is -2.80. The standard InChI is InChI=1S/C21H26N4O3/c1-24-8-10-25(11-9-24)20-6-4-17(15-22-20)23-21(26)7-3-16-2-5-18-19(14-16)28-13-12-27-18/h2,4-6,14-15H,3,7-13H2,1H3,(H,23,26). The fourth-order valence-corrected chi connectivity index (χ4v) is 3.41. The van der Waals surface area contributed by atoms with E-state index in [9.17, 15) is 4.79 Å². The van der Waals surface area contributed by atoms with Crippen LogP contribution in [-0.2, 0) is 11.2 Å². The number of nitrogens with one attached hydrogen (secondary N) is 1. The molecule has 1 aromatic carbocycles. The van der Waals surface area contributed by atoms with Gasteiger partial charge in [-0.05, 0) is 43.3 Å². The molecule has 3 heterocycles. The average Bonchev–Trinajstić information content (AvgIpc) is 2.73. The summed E-state index contributed by atoms with van der Waals surface area (Å²) in [5.41, 5.74) is 1.79. The molecule has 1 fully saturated rings. The minimum absolute atomic E-state index is 0.0240. The van der Waals surface area contributed by atoms with Crippen LogP contribution in [-0.4, -0.2) is 62.2 Å². The van der Waals surface area contributed by atoms with E-state index in [1.54, 1.807) is 6.20 Å². The van der Waals surface area contributed by atoms with Crippen molar-refractivity contribution in [2.45, 2.75) is 12.8 Å². The van der Waals surface area contributed by atoms with Crippen LogP contribution in [0.25, 0.3) is 0 Å². The van der Waals surface area contributed by atoms with Gasteiger partial charge in [-0.15, -0.1) is 0 Å². The maximum absolute atomic E-state index is 12.3. The molecule has 2 aromatic rings. The van der Waals surface area contributed by atoms with Crippen LogP contribution < -0.4 is 19.7 Å². The second kappa shape index (κ2) is 8.48. The summed E-state index contributed by atoms with van der Waals surface area (Å²) in [4.78, 5) is 21.4. The lowest BCUT2D eigenvalue weighted by Gasteiger charge is -2.33. The van der Waals surface area contributed by atoms with Gasteiger partial charge in [-0.2, -0.15) is 0 Å². The molecule has 7 nitrogen and oxygen atoms in total. The number of pyridine rings is 1. The number of hydrogen-bond acceptors (Lipinski definition) is 6. The highest BCUT2D eigenvalue weighted by atomic mass is 16.6. The lowest BCUT2D eigenvalue weighted by Crippen LogP contribution is -2.44. The highest BCUT2D eigenvalue weighted by Crippen LogP contribution is 2.31. The molecule has 148 valence electrons. The van der Waals surface area contributed by atoms with Crippen molar-refractivity contribution >= 4 is 17.4 Å². The first kappa shape index (κ1) is 18.6. The van der Waals surface area contributed by atoms with Gasteiger partial charge in [0.25, 0.3) is 0 Å². The fraction of sp³-hybridized carbons (Fsp3) is 0.429. The van der Waals surface area contributed by atoms with Gasteiger partial charge in [0.05, 0.1) is 11.9 Å². The molecule has 1 saturated heterocycles. The number of ether oxygens (including phenoxy) is 2. The predicted molar refractivity (Wildman–Crippen MR) is 108 cm³/mol.